The van der Waals surface area contributed by atoms with E-state index in [1.54, 1.807) is 12.5 Å². The topological polar surface area (TPSA) is 51.0 Å². The molecule has 2 aromatic heterocycles. The standard InChI is InChI=1S/C12H17N3OS/c1-3-5-10-12(17-15-14-10)11(13-4-2)9-6-7-16-8-9/h6-8,11,13H,3-5H2,1-2H3. The molecule has 1 N–H and O–H groups in total. The van der Waals surface area contributed by atoms with Gasteiger partial charge in [-0.05, 0) is 30.6 Å². The number of aryl methyl sites for hydroxylation is 1. The molecule has 2 aromatic rings. The molecular formula is C12H17N3OS. The van der Waals surface area contributed by atoms with Crippen LogP contribution in [0.3, 0.4) is 0 Å². The molecule has 92 valence electrons. The Morgan fingerprint density at radius 3 is 3.00 bits per heavy atom. The Kier molecular flexibility index (Phi) is 4.28. The zero-order valence-electron chi connectivity index (χ0n) is 10.1. The van der Waals surface area contributed by atoms with Gasteiger partial charge in [0.05, 0.1) is 29.1 Å². The number of aromatic nitrogens is 2. The number of hydrogen-bond acceptors (Lipinski definition) is 5. The van der Waals surface area contributed by atoms with E-state index in [1.807, 2.05) is 6.07 Å². The summed E-state index contributed by atoms with van der Waals surface area (Å²) in [6.07, 6.45) is 5.55. The molecule has 0 aliphatic rings. The molecule has 2 heterocycles. The van der Waals surface area contributed by atoms with Gasteiger partial charge in [-0.2, -0.15) is 0 Å². The molecule has 0 aromatic carbocycles. The molecular weight excluding hydrogens is 234 g/mol. The lowest BCUT2D eigenvalue weighted by molar-refractivity contribution is 0.553. The summed E-state index contributed by atoms with van der Waals surface area (Å²) in [5, 5.41) is 7.67. The second kappa shape index (κ2) is 5.93. The van der Waals surface area contributed by atoms with Gasteiger partial charge >= 0.3 is 0 Å². The third-order valence-corrected chi connectivity index (χ3v) is 3.45. The van der Waals surface area contributed by atoms with Crippen LogP contribution in [0.2, 0.25) is 0 Å². The first-order valence-corrected chi connectivity index (χ1v) is 6.70. The Bertz CT molecular complexity index is 438. The highest BCUT2D eigenvalue weighted by Gasteiger charge is 2.20. The average molecular weight is 251 g/mol. The van der Waals surface area contributed by atoms with Gasteiger partial charge in [-0.15, -0.1) is 5.10 Å². The van der Waals surface area contributed by atoms with Crippen LogP contribution >= 0.6 is 11.5 Å². The normalized spacial score (nSPS) is 12.8. The maximum atomic E-state index is 5.16. The summed E-state index contributed by atoms with van der Waals surface area (Å²) in [6, 6.07) is 2.14. The van der Waals surface area contributed by atoms with E-state index in [0.717, 1.165) is 30.6 Å². The van der Waals surface area contributed by atoms with Crippen LogP contribution in [-0.2, 0) is 6.42 Å². The van der Waals surface area contributed by atoms with E-state index < -0.39 is 0 Å². The lowest BCUT2D eigenvalue weighted by atomic mass is 10.1. The van der Waals surface area contributed by atoms with Crippen molar-refractivity contribution >= 4 is 11.5 Å². The summed E-state index contributed by atoms with van der Waals surface area (Å²) >= 11 is 1.47. The molecule has 1 unspecified atom stereocenters. The molecule has 0 spiro atoms. The molecule has 2 rings (SSSR count). The van der Waals surface area contributed by atoms with Crippen molar-refractivity contribution in [3.8, 4) is 0 Å². The molecule has 17 heavy (non-hydrogen) atoms. The molecule has 1 atom stereocenters. The molecule has 0 amide bonds. The Labute approximate surface area is 105 Å². The SMILES string of the molecule is CCCc1nnsc1C(NCC)c1ccoc1. The zero-order chi connectivity index (χ0) is 12.1. The monoisotopic (exact) mass is 251 g/mol. The van der Waals surface area contributed by atoms with Gasteiger partial charge in [0, 0.05) is 5.56 Å². The van der Waals surface area contributed by atoms with E-state index >= 15 is 0 Å². The number of furan rings is 1. The van der Waals surface area contributed by atoms with Crippen LogP contribution in [0.5, 0.6) is 0 Å². The maximum Gasteiger partial charge on any atom is 0.0954 e. The number of hydrogen-bond donors (Lipinski definition) is 1. The van der Waals surface area contributed by atoms with Crippen molar-refractivity contribution in [3.63, 3.8) is 0 Å². The molecule has 0 fully saturated rings. The fourth-order valence-electron chi connectivity index (χ4n) is 1.85. The highest BCUT2D eigenvalue weighted by molar-refractivity contribution is 7.05. The Balaban J connectivity index is 2.29. The number of nitrogens with zero attached hydrogens (tertiary/aromatic N) is 2. The van der Waals surface area contributed by atoms with E-state index in [1.165, 1.54) is 16.4 Å². The fourth-order valence-corrected chi connectivity index (χ4v) is 2.65. The zero-order valence-corrected chi connectivity index (χ0v) is 11.0. The lowest BCUT2D eigenvalue weighted by Crippen LogP contribution is -2.21. The van der Waals surface area contributed by atoms with Crippen LogP contribution in [0.1, 0.15) is 42.4 Å². The molecule has 0 saturated carbocycles. The smallest absolute Gasteiger partial charge is 0.0954 e. The van der Waals surface area contributed by atoms with Crippen molar-refractivity contribution in [1.29, 1.82) is 0 Å². The van der Waals surface area contributed by atoms with Gasteiger partial charge in [-0.3, -0.25) is 0 Å². The first kappa shape index (κ1) is 12.3. The van der Waals surface area contributed by atoms with E-state index in [-0.39, 0.29) is 6.04 Å². The number of nitrogens with one attached hydrogen (secondary N) is 1. The fraction of sp³-hybridized carbons (Fsp3) is 0.500. The van der Waals surface area contributed by atoms with Crippen LogP contribution in [0.4, 0.5) is 0 Å². The van der Waals surface area contributed by atoms with E-state index in [0.29, 0.717) is 0 Å². The Morgan fingerprint density at radius 2 is 2.35 bits per heavy atom. The van der Waals surface area contributed by atoms with E-state index in [2.05, 4.69) is 28.8 Å². The number of rotatable bonds is 6. The predicted molar refractivity (Wildman–Crippen MR) is 68.1 cm³/mol. The van der Waals surface area contributed by atoms with Crippen LogP contribution in [0, 0.1) is 0 Å². The third-order valence-electron chi connectivity index (χ3n) is 2.62. The van der Waals surface area contributed by atoms with Gasteiger partial charge in [-0.25, -0.2) is 0 Å². The van der Waals surface area contributed by atoms with E-state index in [9.17, 15) is 0 Å². The van der Waals surface area contributed by atoms with Gasteiger partial charge in [0.2, 0.25) is 0 Å². The van der Waals surface area contributed by atoms with Crippen molar-refractivity contribution in [2.75, 3.05) is 6.54 Å². The second-order valence-corrected chi connectivity index (χ2v) is 4.67. The van der Waals surface area contributed by atoms with Gasteiger partial charge < -0.3 is 9.73 Å². The van der Waals surface area contributed by atoms with E-state index in [4.69, 9.17) is 4.42 Å². The first-order chi connectivity index (χ1) is 8.36. The largest absolute Gasteiger partial charge is 0.472 e. The van der Waals surface area contributed by atoms with Crippen molar-refractivity contribution < 1.29 is 4.42 Å². The maximum absolute atomic E-state index is 5.16. The van der Waals surface area contributed by atoms with Crippen LogP contribution in [0.15, 0.2) is 23.0 Å². The first-order valence-electron chi connectivity index (χ1n) is 5.93. The molecule has 4 nitrogen and oxygen atoms in total. The summed E-state index contributed by atoms with van der Waals surface area (Å²) < 4.78 is 9.24. The molecule has 0 radical (unpaired) electrons. The molecule has 5 heteroatoms. The predicted octanol–water partition coefficient (Wildman–Crippen LogP) is 2.78. The average Bonchev–Trinajstić information content (AvgIpc) is 2.97. The second-order valence-electron chi connectivity index (χ2n) is 3.88. The molecule has 0 aliphatic heterocycles. The summed E-state index contributed by atoms with van der Waals surface area (Å²) in [7, 11) is 0. The Morgan fingerprint density at radius 1 is 1.47 bits per heavy atom. The highest BCUT2D eigenvalue weighted by Crippen LogP contribution is 2.27. The van der Waals surface area contributed by atoms with Gasteiger partial charge in [-0.1, -0.05) is 24.8 Å². The van der Waals surface area contributed by atoms with Crippen molar-refractivity contribution in [2.24, 2.45) is 0 Å². The third kappa shape index (κ3) is 2.73. The minimum absolute atomic E-state index is 0.153. The Hall–Kier alpha value is -1.20. The summed E-state index contributed by atoms with van der Waals surface area (Å²) in [5.41, 5.74) is 2.24. The van der Waals surface area contributed by atoms with Crippen LogP contribution in [0.25, 0.3) is 0 Å². The highest BCUT2D eigenvalue weighted by atomic mass is 32.1. The minimum Gasteiger partial charge on any atom is -0.472 e. The summed E-state index contributed by atoms with van der Waals surface area (Å²) in [5.74, 6) is 0. The van der Waals surface area contributed by atoms with Gasteiger partial charge in [0.25, 0.3) is 0 Å². The quantitative estimate of drug-likeness (QED) is 0.857. The summed E-state index contributed by atoms with van der Waals surface area (Å²) in [6.45, 7) is 5.16. The van der Waals surface area contributed by atoms with Gasteiger partial charge in [0.1, 0.15) is 0 Å². The van der Waals surface area contributed by atoms with Crippen LogP contribution in [-0.4, -0.2) is 16.1 Å². The van der Waals surface area contributed by atoms with Crippen molar-refractivity contribution in [3.05, 3.63) is 34.7 Å². The lowest BCUT2D eigenvalue weighted by Gasteiger charge is -2.15. The molecule has 0 saturated heterocycles. The van der Waals surface area contributed by atoms with Gasteiger partial charge in [0.15, 0.2) is 0 Å². The molecule has 0 aliphatic carbocycles. The molecule has 0 bridgehead atoms. The summed E-state index contributed by atoms with van der Waals surface area (Å²) in [4.78, 5) is 1.20. The van der Waals surface area contributed by atoms with Crippen LogP contribution < -0.4 is 5.32 Å². The minimum atomic E-state index is 0.153. The van der Waals surface area contributed by atoms with Crippen molar-refractivity contribution in [2.45, 2.75) is 32.7 Å². The van der Waals surface area contributed by atoms with Crippen molar-refractivity contribution in [1.82, 2.24) is 14.9 Å².